The fourth-order valence-electron chi connectivity index (χ4n) is 1.86. The van der Waals surface area contributed by atoms with Gasteiger partial charge in [-0.25, -0.2) is 4.39 Å². The highest BCUT2D eigenvalue weighted by Gasteiger charge is 2.18. The lowest BCUT2D eigenvalue weighted by molar-refractivity contribution is 0.314. The number of ether oxygens (including phenoxy) is 1. The van der Waals surface area contributed by atoms with Crippen LogP contribution in [0.4, 0.5) is 4.39 Å². The smallest absolute Gasteiger partial charge is 0.127 e. The maximum atomic E-state index is 13.2. The van der Waals surface area contributed by atoms with Crippen LogP contribution in [-0.2, 0) is 0 Å². The molecule has 1 aromatic rings. The summed E-state index contributed by atoms with van der Waals surface area (Å²) in [5, 5.41) is 0. The van der Waals surface area contributed by atoms with Gasteiger partial charge in [0, 0.05) is 11.6 Å². The van der Waals surface area contributed by atoms with Crippen LogP contribution in [0.15, 0.2) is 12.1 Å². The topological polar surface area (TPSA) is 35.2 Å². The summed E-state index contributed by atoms with van der Waals surface area (Å²) in [6.07, 6.45) is 1.78. The molecule has 1 heterocycles. The molecule has 1 aliphatic rings. The van der Waals surface area contributed by atoms with Gasteiger partial charge in [0.15, 0.2) is 0 Å². The fourth-order valence-corrected chi connectivity index (χ4v) is 1.86. The Kier molecular flexibility index (Phi) is 2.42. The zero-order chi connectivity index (χ0) is 10.1. The zero-order valence-electron chi connectivity index (χ0n) is 8.22. The average molecular weight is 195 g/mol. The molecular weight excluding hydrogens is 181 g/mol. The maximum Gasteiger partial charge on any atom is 0.127 e. The fraction of sp³-hybridized carbons (Fsp3) is 0.455. The molecule has 2 nitrogen and oxygen atoms in total. The van der Waals surface area contributed by atoms with Gasteiger partial charge in [-0.1, -0.05) is 0 Å². The standard InChI is InChI=1S/C11H14FNO/c1-7-5-8(12)6-9-10(13)3-2-4-14-11(7)9/h5-6,10H,2-4,13H2,1H3. The van der Waals surface area contributed by atoms with E-state index < -0.39 is 0 Å². The number of benzene rings is 1. The lowest BCUT2D eigenvalue weighted by atomic mass is 10.0. The summed E-state index contributed by atoms with van der Waals surface area (Å²) >= 11 is 0. The van der Waals surface area contributed by atoms with E-state index in [1.807, 2.05) is 6.92 Å². The van der Waals surface area contributed by atoms with E-state index in [1.54, 1.807) is 0 Å². The predicted molar refractivity (Wildman–Crippen MR) is 52.8 cm³/mol. The Hall–Kier alpha value is -1.09. The minimum absolute atomic E-state index is 0.0955. The second-order valence-electron chi connectivity index (χ2n) is 3.74. The molecule has 0 aliphatic carbocycles. The van der Waals surface area contributed by atoms with Crippen LogP contribution in [0.2, 0.25) is 0 Å². The number of hydrogen-bond acceptors (Lipinski definition) is 2. The number of halogens is 1. The van der Waals surface area contributed by atoms with Crippen LogP contribution >= 0.6 is 0 Å². The first-order chi connectivity index (χ1) is 6.68. The van der Waals surface area contributed by atoms with Gasteiger partial charge in [0.2, 0.25) is 0 Å². The molecule has 76 valence electrons. The first-order valence-electron chi connectivity index (χ1n) is 4.87. The minimum Gasteiger partial charge on any atom is -0.493 e. The lowest BCUT2D eigenvalue weighted by Gasteiger charge is -2.13. The largest absolute Gasteiger partial charge is 0.493 e. The van der Waals surface area contributed by atoms with Gasteiger partial charge in [0.25, 0.3) is 0 Å². The van der Waals surface area contributed by atoms with Crippen molar-refractivity contribution in [3.8, 4) is 5.75 Å². The summed E-state index contributed by atoms with van der Waals surface area (Å²) in [4.78, 5) is 0. The van der Waals surface area contributed by atoms with E-state index in [4.69, 9.17) is 10.5 Å². The average Bonchev–Trinajstić information content (AvgIpc) is 2.29. The van der Waals surface area contributed by atoms with Gasteiger partial charge >= 0.3 is 0 Å². The SMILES string of the molecule is Cc1cc(F)cc2c1OCCCC2N. The van der Waals surface area contributed by atoms with Gasteiger partial charge in [-0.3, -0.25) is 0 Å². The van der Waals surface area contributed by atoms with Crippen molar-refractivity contribution < 1.29 is 9.13 Å². The van der Waals surface area contributed by atoms with Crippen molar-refractivity contribution >= 4 is 0 Å². The van der Waals surface area contributed by atoms with Gasteiger partial charge in [0.05, 0.1) is 6.61 Å². The third-order valence-corrected chi connectivity index (χ3v) is 2.57. The van der Waals surface area contributed by atoms with Crippen LogP contribution < -0.4 is 10.5 Å². The molecule has 0 amide bonds. The molecule has 0 aromatic heterocycles. The van der Waals surface area contributed by atoms with Crippen LogP contribution in [-0.4, -0.2) is 6.61 Å². The number of fused-ring (bicyclic) bond motifs is 1. The van der Waals surface area contributed by atoms with Crippen molar-refractivity contribution in [2.45, 2.75) is 25.8 Å². The van der Waals surface area contributed by atoms with Crippen LogP contribution in [0.3, 0.4) is 0 Å². The Bertz CT molecular complexity index is 351. The summed E-state index contributed by atoms with van der Waals surface area (Å²) in [6.45, 7) is 2.52. The first-order valence-corrected chi connectivity index (χ1v) is 4.87. The molecule has 0 saturated heterocycles. The molecule has 0 bridgehead atoms. The molecule has 0 saturated carbocycles. The molecule has 14 heavy (non-hydrogen) atoms. The van der Waals surface area contributed by atoms with E-state index >= 15 is 0 Å². The molecule has 0 fully saturated rings. The summed E-state index contributed by atoms with van der Waals surface area (Å²) in [5.74, 6) is 0.540. The van der Waals surface area contributed by atoms with Gasteiger partial charge < -0.3 is 10.5 Å². The summed E-state index contributed by atoms with van der Waals surface area (Å²) in [7, 11) is 0. The normalized spacial score (nSPS) is 20.9. The highest BCUT2D eigenvalue weighted by molar-refractivity contribution is 5.43. The molecule has 3 heteroatoms. The molecule has 0 radical (unpaired) electrons. The Morgan fingerprint density at radius 2 is 2.29 bits per heavy atom. The molecule has 1 atom stereocenters. The van der Waals surface area contributed by atoms with Crippen LogP contribution in [0.1, 0.15) is 30.0 Å². The van der Waals surface area contributed by atoms with Crippen molar-refractivity contribution in [2.24, 2.45) is 5.73 Å². The molecule has 0 spiro atoms. The van der Waals surface area contributed by atoms with E-state index in [1.165, 1.54) is 12.1 Å². The number of rotatable bonds is 0. The van der Waals surface area contributed by atoms with Crippen LogP contribution in [0.25, 0.3) is 0 Å². The number of nitrogens with two attached hydrogens (primary N) is 1. The second-order valence-corrected chi connectivity index (χ2v) is 3.74. The van der Waals surface area contributed by atoms with Crippen LogP contribution in [0, 0.1) is 12.7 Å². The highest BCUT2D eigenvalue weighted by Crippen LogP contribution is 2.33. The zero-order valence-corrected chi connectivity index (χ0v) is 8.22. The number of hydrogen-bond donors (Lipinski definition) is 1. The molecule has 1 aromatic carbocycles. The van der Waals surface area contributed by atoms with E-state index in [2.05, 4.69) is 0 Å². The van der Waals surface area contributed by atoms with Crippen molar-refractivity contribution in [1.29, 1.82) is 0 Å². The van der Waals surface area contributed by atoms with E-state index in [-0.39, 0.29) is 11.9 Å². The van der Waals surface area contributed by atoms with Gasteiger partial charge in [-0.05, 0) is 37.5 Å². The van der Waals surface area contributed by atoms with Gasteiger partial charge in [0.1, 0.15) is 11.6 Å². The summed E-state index contributed by atoms with van der Waals surface area (Å²) < 4.78 is 18.7. The molecule has 1 unspecified atom stereocenters. The number of aryl methyl sites for hydroxylation is 1. The van der Waals surface area contributed by atoms with Crippen LogP contribution in [0.5, 0.6) is 5.75 Å². The minimum atomic E-state index is -0.234. The molecule has 1 aliphatic heterocycles. The van der Waals surface area contributed by atoms with E-state index in [9.17, 15) is 4.39 Å². The van der Waals surface area contributed by atoms with Gasteiger partial charge in [-0.2, -0.15) is 0 Å². The first kappa shape index (κ1) is 9.46. The van der Waals surface area contributed by atoms with Crippen molar-refractivity contribution in [3.63, 3.8) is 0 Å². The van der Waals surface area contributed by atoms with Crippen molar-refractivity contribution in [1.82, 2.24) is 0 Å². The van der Waals surface area contributed by atoms with Crippen molar-refractivity contribution in [3.05, 3.63) is 29.1 Å². The second kappa shape index (κ2) is 3.58. The molecule has 2 rings (SSSR count). The molecule has 2 N–H and O–H groups in total. The molecular formula is C11H14FNO. The van der Waals surface area contributed by atoms with Gasteiger partial charge in [-0.15, -0.1) is 0 Å². The monoisotopic (exact) mass is 195 g/mol. The Morgan fingerprint density at radius 1 is 1.50 bits per heavy atom. The third kappa shape index (κ3) is 1.60. The quantitative estimate of drug-likeness (QED) is 0.689. The Balaban J connectivity index is 2.53. The summed E-state index contributed by atoms with van der Waals surface area (Å²) in [6, 6.07) is 2.87. The highest BCUT2D eigenvalue weighted by atomic mass is 19.1. The maximum absolute atomic E-state index is 13.2. The predicted octanol–water partition coefficient (Wildman–Crippen LogP) is 2.31. The van der Waals surface area contributed by atoms with E-state index in [0.29, 0.717) is 6.61 Å². The van der Waals surface area contributed by atoms with Crippen molar-refractivity contribution in [2.75, 3.05) is 6.61 Å². The summed E-state index contributed by atoms with van der Waals surface area (Å²) in [5.41, 5.74) is 7.57. The van der Waals surface area contributed by atoms with E-state index in [0.717, 1.165) is 29.7 Å². The third-order valence-electron chi connectivity index (χ3n) is 2.57. The Morgan fingerprint density at radius 3 is 3.07 bits per heavy atom. The Labute approximate surface area is 82.9 Å². The lowest BCUT2D eigenvalue weighted by Crippen LogP contribution is -2.09.